The zero-order chi connectivity index (χ0) is 5.54. The smallest absolute Gasteiger partial charge is 0.518 e. The summed E-state index contributed by atoms with van der Waals surface area (Å²) in [6.07, 6.45) is 4.87. The molecule has 0 amide bonds. The molecule has 0 aromatic rings. The molecule has 0 aromatic carbocycles. The minimum atomic E-state index is 0. The summed E-state index contributed by atoms with van der Waals surface area (Å²) in [6, 6.07) is 0. The van der Waals surface area contributed by atoms with Gasteiger partial charge in [0.05, 0.1) is 0 Å². The van der Waals surface area contributed by atoms with Crippen molar-refractivity contribution in [3.8, 4) is 0 Å². The number of halogens is 1. The molecule has 0 aliphatic carbocycles. The first-order valence-corrected chi connectivity index (χ1v) is 3.04. The van der Waals surface area contributed by atoms with E-state index in [9.17, 15) is 0 Å². The second-order valence-corrected chi connectivity index (χ2v) is 1.80. The van der Waals surface area contributed by atoms with Crippen LogP contribution in [0.2, 0.25) is 0 Å². The Morgan fingerprint density at radius 2 is 1.89 bits per heavy atom. The number of hydrogen-bond acceptors (Lipinski definition) is 0. The van der Waals surface area contributed by atoms with Crippen LogP contribution in [-0.2, 0) is 19.5 Å². The SMILES string of the molecule is [CH-]=CCCCCCl.[CH3-].[Zn+2]. The number of allylic oxidation sites excluding steroid dienone is 1. The number of rotatable bonds is 4. The van der Waals surface area contributed by atoms with Crippen LogP contribution >= 0.6 is 11.6 Å². The summed E-state index contributed by atoms with van der Waals surface area (Å²) in [5.41, 5.74) is 0. The number of hydrogen-bond donors (Lipinski definition) is 0. The molecule has 0 saturated carbocycles. The second-order valence-electron chi connectivity index (χ2n) is 1.42. The summed E-state index contributed by atoms with van der Waals surface area (Å²) in [4.78, 5) is 0. The first kappa shape index (κ1) is 16.3. The number of alkyl halides is 1. The fourth-order valence-corrected chi connectivity index (χ4v) is 0.546. The van der Waals surface area contributed by atoms with Crippen molar-refractivity contribution in [3.63, 3.8) is 0 Å². The van der Waals surface area contributed by atoms with Crippen LogP contribution in [0.3, 0.4) is 0 Å². The van der Waals surface area contributed by atoms with Gasteiger partial charge in [-0.2, -0.15) is 0 Å². The molecule has 0 spiro atoms. The average Bonchev–Trinajstić information content (AvgIpc) is 1.69. The van der Waals surface area contributed by atoms with Gasteiger partial charge in [0.1, 0.15) is 0 Å². The topological polar surface area (TPSA) is 0 Å². The predicted octanol–water partition coefficient (Wildman–Crippen LogP) is 2.83. The molecule has 0 atom stereocenters. The first-order chi connectivity index (χ1) is 3.41. The monoisotopic (exact) mass is 196 g/mol. The largest absolute Gasteiger partial charge is 2.00 e. The maximum absolute atomic E-state index is 5.38. The van der Waals surface area contributed by atoms with Crippen LogP contribution in [0.4, 0.5) is 0 Å². The molecule has 0 N–H and O–H groups in total. The van der Waals surface area contributed by atoms with Crippen molar-refractivity contribution in [2.75, 3.05) is 5.88 Å². The summed E-state index contributed by atoms with van der Waals surface area (Å²) in [5.74, 6) is 0.758. The molecule has 2 heteroatoms. The molecule has 50 valence electrons. The van der Waals surface area contributed by atoms with Crippen LogP contribution in [0.1, 0.15) is 19.3 Å². The van der Waals surface area contributed by atoms with Crippen LogP contribution in [0.5, 0.6) is 0 Å². The molecular weight excluding hydrogens is 185 g/mol. The molecule has 0 bridgehead atoms. The van der Waals surface area contributed by atoms with Crippen molar-refractivity contribution in [1.29, 1.82) is 0 Å². The second kappa shape index (κ2) is 15.9. The summed E-state index contributed by atoms with van der Waals surface area (Å²) in [6.45, 7) is 5.10. The molecule has 0 nitrogen and oxygen atoms in total. The Morgan fingerprint density at radius 1 is 1.33 bits per heavy atom. The van der Waals surface area contributed by atoms with Crippen LogP contribution in [0, 0.1) is 14.0 Å². The van der Waals surface area contributed by atoms with E-state index in [2.05, 4.69) is 0 Å². The first-order valence-electron chi connectivity index (χ1n) is 2.51. The Hall–Kier alpha value is 0.653. The van der Waals surface area contributed by atoms with E-state index in [0.29, 0.717) is 0 Å². The molecule has 0 aromatic heterocycles. The van der Waals surface area contributed by atoms with Crippen molar-refractivity contribution in [3.05, 3.63) is 20.1 Å². The summed E-state index contributed by atoms with van der Waals surface area (Å²) in [7, 11) is 0. The normalized spacial score (nSPS) is 6.78. The minimum Gasteiger partial charge on any atom is -0.518 e. The maximum Gasteiger partial charge on any atom is 2.00 e. The fraction of sp³-hybridized carbons (Fsp3) is 0.571. The van der Waals surface area contributed by atoms with Crippen LogP contribution in [0.25, 0.3) is 0 Å². The zero-order valence-corrected chi connectivity index (χ0v) is 9.79. The van der Waals surface area contributed by atoms with E-state index in [1.165, 1.54) is 0 Å². The van der Waals surface area contributed by atoms with E-state index in [0.717, 1.165) is 25.1 Å². The van der Waals surface area contributed by atoms with E-state index >= 15 is 0 Å². The molecule has 0 aliphatic rings. The van der Waals surface area contributed by atoms with E-state index in [4.69, 9.17) is 18.2 Å². The Balaban J connectivity index is -0.000000180. The molecular formula is C7H13ClZn. The van der Waals surface area contributed by atoms with Gasteiger partial charge in [0, 0.05) is 5.88 Å². The standard InChI is InChI=1S/C6H10Cl.CH3.Zn/c1-2-3-4-5-6-7;;/h1-2H,3-6H2;1H3;/q2*-1;+2. The van der Waals surface area contributed by atoms with Crippen molar-refractivity contribution in [2.45, 2.75) is 19.3 Å². The number of unbranched alkanes of at least 4 members (excludes halogenated alkanes) is 2. The molecule has 0 aliphatic heterocycles. The van der Waals surface area contributed by atoms with Gasteiger partial charge >= 0.3 is 19.5 Å². The summed E-state index contributed by atoms with van der Waals surface area (Å²) < 4.78 is 0. The van der Waals surface area contributed by atoms with Gasteiger partial charge in [0.25, 0.3) is 0 Å². The van der Waals surface area contributed by atoms with Gasteiger partial charge in [0.15, 0.2) is 0 Å². The van der Waals surface area contributed by atoms with Gasteiger partial charge in [-0.1, -0.05) is 12.8 Å². The van der Waals surface area contributed by atoms with Gasteiger partial charge in [-0.05, 0) is 6.42 Å². The Morgan fingerprint density at radius 3 is 2.22 bits per heavy atom. The van der Waals surface area contributed by atoms with Crippen LogP contribution in [0.15, 0.2) is 6.08 Å². The Kier molecular flexibility index (Phi) is 28.8. The predicted molar refractivity (Wildman–Crippen MR) is 39.9 cm³/mol. The van der Waals surface area contributed by atoms with Crippen molar-refractivity contribution in [1.82, 2.24) is 0 Å². The maximum atomic E-state index is 5.38. The summed E-state index contributed by atoms with van der Waals surface area (Å²) in [5, 5.41) is 0. The van der Waals surface area contributed by atoms with Crippen molar-refractivity contribution in [2.24, 2.45) is 0 Å². The van der Waals surface area contributed by atoms with E-state index < -0.39 is 0 Å². The quantitative estimate of drug-likeness (QED) is 0.282. The zero-order valence-electron chi connectivity index (χ0n) is 6.07. The van der Waals surface area contributed by atoms with Crippen LogP contribution in [-0.4, -0.2) is 5.88 Å². The van der Waals surface area contributed by atoms with E-state index in [-0.39, 0.29) is 26.9 Å². The van der Waals surface area contributed by atoms with Gasteiger partial charge in [0.2, 0.25) is 0 Å². The summed E-state index contributed by atoms with van der Waals surface area (Å²) >= 11 is 5.38. The Labute approximate surface area is 76.4 Å². The molecule has 0 saturated heterocycles. The van der Waals surface area contributed by atoms with Crippen molar-refractivity contribution >= 4 is 11.6 Å². The molecule has 0 fully saturated rings. The van der Waals surface area contributed by atoms with Crippen molar-refractivity contribution < 1.29 is 19.5 Å². The fourth-order valence-electron chi connectivity index (χ4n) is 0.357. The minimum absolute atomic E-state index is 0. The van der Waals surface area contributed by atoms with Gasteiger partial charge in [-0.25, -0.2) is 0 Å². The third-order valence-electron chi connectivity index (χ3n) is 0.754. The van der Waals surface area contributed by atoms with Gasteiger partial charge < -0.3 is 14.0 Å². The molecule has 0 unspecified atom stereocenters. The van der Waals surface area contributed by atoms with Gasteiger partial charge in [-0.3, -0.25) is 6.08 Å². The van der Waals surface area contributed by atoms with Gasteiger partial charge in [-0.15, -0.1) is 11.6 Å². The van der Waals surface area contributed by atoms with E-state index in [1.54, 1.807) is 6.08 Å². The molecule has 0 rings (SSSR count). The Bertz CT molecular complexity index is 46.2. The molecule has 0 radical (unpaired) electrons. The van der Waals surface area contributed by atoms with E-state index in [1.807, 2.05) is 0 Å². The molecule has 0 heterocycles. The average molecular weight is 198 g/mol. The molecule has 9 heavy (non-hydrogen) atoms. The van der Waals surface area contributed by atoms with Crippen LogP contribution < -0.4 is 0 Å². The third-order valence-corrected chi connectivity index (χ3v) is 1.02. The third kappa shape index (κ3) is 17.7.